The highest BCUT2D eigenvalue weighted by Crippen LogP contribution is 2.36. The summed E-state index contributed by atoms with van der Waals surface area (Å²) in [4.78, 5) is 4.60. The third-order valence-corrected chi connectivity index (χ3v) is 4.05. The molecule has 1 aliphatic rings. The van der Waals surface area contributed by atoms with Crippen LogP contribution in [-0.4, -0.2) is 18.5 Å². The van der Waals surface area contributed by atoms with E-state index < -0.39 is 17.4 Å². The second kappa shape index (κ2) is 6.59. The molecule has 1 heterocycles. The number of anilines is 1. The van der Waals surface area contributed by atoms with E-state index in [4.69, 9.17) is 4.74 Å². The van der Waals surface area contributed by atoms with Crippen LogP contribution in [0.3, 0.4) is 0 Å². The van der Waals surface area contributed by atoms with Crippen LogP contribution in [0, 0.1) is 11.6 Å². The Morgan fingerprint density at radius 3 is 2.46 bits per heavy atom. The lowest BCUT2D eigenvalue weighted by Crippen LogP contribution is -2.35. The van der Waals surface area contributed by atoms with E-state index >= 15 is 0 Å². The van der Waals surface area contributed by atoms with Crippen molar-refractivity contribution >= 4 is 11.4 Å². The first-order valence-corrected chi connectivity index (χ1v) is 7.52. The van der Waals surface area contributed by atoms with Gasteiger partial charge in [0, 0.05) is 42.4 Å². The van der Waals surface area contributed by atoms with Gasteiger partial charge in [0.25, 0.3) is 0 Å². The monoisotopic (exact) mass is 332 g/mol. The number of nitrogens with zero attached hydrogens (tertiary/aromatic N) is 1. The van der Waals surface area contributed by atoms with E-state index in [-0.39, 0.29) is 13.0 Å². The molecular formula is C19H22F2N2O. The largest absolute Gasteiger partial charge is 0.466 e. The van der Waals surface area contributed by atoms with Gasteiger partial charge in [0.05, 0.1) is 5.71 Å². The van der Waals surface area contributed by atoms with Crippen molar-refractivity contribution in [2.45, 2.75) is 33.4 Å². The molecular weight excluding hydrogens is 310 g/mol. The van der Waals surface area contributed by atoms with Crippen molar-refractivity contribution in [2.24, 2.45) is 4.99 Å². The maximum atomic E-state index is 14.3. The van der Waals surface area contributed by atoms with Crippen LogP contribution < -0.4 is 10.1 Å². The van der Waals surface area contributed by atoms with Gasteiger partial charge in [0.1, 0.15) is 17.4 Å². The Bertz CT molecular complexity index is 789. The van der Waals surface area contributed by atoms with Crippen molar-refractivity contribution in [3.05, 3.63) is 59.2 Å². The van der Waals surface area contributed by atoms with Gasteiger partial charge in [-0.3, -0.25) is 0 Å². The average molecular weight is 332 g/mol. The first-order chi connectivity index (χ1) is 11.0. The summed E-state index contributed by atoms with van der Waals surface area (Å²) in [6, 6.07) is 9.09. The summed E-state index contributed by atoms with van der Waals surface area (Å²) < 4.78 is 33.5. The minimum atomic E-state index is -0.782. The molecule has 0 saturated carbocycles. The quantitative estimate of drug-likeness (QED) is 0.858. The molecule has 0 bridgehead atoms. The van der Waals surface area contributed by atoms with E-state index in [9.17, 15) is 8.78 Å². The molecule has 0 spiro atoms. The number of benzene rings is 2. The van der Waals surface area contributed by atoms with Crippen molar-refractivity contribution in [2.75, 3.05) is 12.4 Å². The standard InChI is InChI=1S/C18H18F2N2O.CH4/c1-4-18(2)22-17(13-7-5-11(19)9-15(13)20)14-8-6-12(21-3)10-16(14)23-18;/h5-10,21H,4H2,1-3H3;1H4. The predicted octanol–water partition coefficient (Wildman–Crippen LogP) is 5.00. The molecule has 0 saturated heterocycles. The summed E-state index contributed by atoms with van der Waals surface area (Å²) in [5, 5.41) is 3.05. The molecule has 0 fully saturated rings. The Balaban J connectivity index is 0.00000208. The summed E-state index contributed by atoms with van der Waals surface area (Å²) in [7, 11) is 1.82. The topological polar surface area (TPSA) is 33.6 Å². The van der Waals surface area contributed by atoms with Gasteiger partial charge < -0.3 is 10.1 Å². The number of fused-ring (bicyclic) bond motifs is 1. The van der Waals surface area contributed by atoms with Crippen molar-refractivity contribution in [3.8, 4) is 5.75 Å². The fourth-order valence-corrected chi connectivity index (χ4v) is 2.55. The molecule has 1 aliphatic heterocycles. The summed E-state index contributed by atoms with van der Waals surface area (Å²) in [5.41, 5.74) is 1.56. The van der Waals surface area contributed by atoms with Crippen LogP contribution >= 0.6 is 0 Å². The molecule has 0 amide bonds. The Morgan fingerprint density at radius 2 is 1.83 bits per heavy atom. The molecule has 3 rings (SSSR count). The lowest BCUT2D eigenvalue weighted by Gasteiger charge is -2.32. The molecule has 2 aromatic rings. The van der Waals surface area contributed by atoms with Crippen LogP contribution in [0.2, 0.25) is 0 Å². The number of hydrogen-bond donors (Lipinski definition) is 1. The van der Waals surface area contributed by atoms with Crippen LogP contribution in [0.15, 0.2) is 41.4 Å². The van der Waals surface area contributed by atoms with Crippen molar-refractivity contribution in [1.82, 2.24) is 0 Å². The first kappa shape index (κ1) is 17.9. The van der Waals surface area contributed by atoms with Crippen LogP contribution in [-0.2, 0) is 0 Å². The van der Waals surface area contributed by atoms with Crippen LogP contribution in [0.5, 0.6) is 5.75 Å². The smallest absolute Gasteiger partial charge is 0.197 e. The highest BCUT2D eigenvalue weighted by molar-refractivity contribution is 6.15. The van der Waals surface area contributed by atoms with E-state index in [0.29, 0.717) is 23.4 Å². The second-order valence-electron chi connectivity index (χ2n) is 5.68. The Morgan fingerprint density at radius 1 is 1.12 bits per heavy atom. The SMILES string of the molecule is C.CCC1(C)N=C(c2ccc(F)cc2F)c2ccc(NC)cc2O1. The lowest BCUT2D eigenvalue weighted by molar-refractivity contribution is 0.0903. The normalized spacial score (nSPS) is 18.8. The fraction of sp³-hybridized carbons (Fsp3) is 0.316. The minimum Gasteiger partial charge on any atom is -0.466 e. The Labute approximate surface area is 141 Å². The molecule has 24 heavy (non-hydrogen) atoms. The van der Waals surface area contributed by atoms with Gasteiger partial charge in [0.15, 0.2) is 5.72 Å². The molecule has 0 aromatic heterocycles. The maximum Gasteiger partial charge on any atom is 0.197 e. The molecule has 1 unspecified atom stereocenters. The number of hydrogen-bond acceptors (Lipinski definition) is 3. The molecule has 0 aliphatic carbocycles. The maximum absolute atomic E-state index is 14.3. The van der Waals surface area contributed by atoms with Gasteiger partial charge in [-0.1, -0.05) is 14.4 Å². The van der Waals surface area contributed by atoms with E-state index in [1.165, 1.54) is 12.1 Å². The fourth-order valence-electron chi connectivity index (χ4n) is 2.55. The first-order valence-electron chi connectivity index (χ1n) is 7.52. The molecule has 2 aromatic carbocycles. The number of aliphatic imine (C=N–C) groups is 1. The van der Waals surface area contributed by atoms with Crippen LogP contribution in [0.1, 0.15) is 38.8 Å². The van der Waals surface area contributed by atoms with Crippen LogP contribution in [0.4, 0.5) is 14.5 Å². The highest BCUT2D eigenvalue weighted by Gasteiger charge is 2.32. The lowest BCUT2D eigenvalue weighted by atomic mass is 9.97. The number of rotatable bonds is 3. The zero-order valence-corrected chi connectivity index (χ0v) is 13.3. The van der Waals surface area contributed by atoms with Gasteiger partial charge in [-0.2, -0.15) is 0 Å². The van der Waals surface area contributed by atoms with E-state index in [2.05, 4.69) is 10.3 Å². The molecule has 128 valence electrons. The summed E-state index contributed by atoms with van der Waals surface area (Å²) in [6.45, 7) is 3.80. The highest BCUT2D eigenvalue weighted by atomic mass is 19.1. The summed E-state index contributed by atoms with van der Waals surface area (Å²) >= 11 is 0. The third kappa shape index (κ3) is 3.11. The molecule has 1 atom stereocenters. The van der Waals surface area contributed by atoms with Crippen molar-refractivity contribution < 1.29 is 13.5 Å². The number of nitrogens with one attached hydrogen (secondary N) is 1. The zero-order chi connectivity index (χ0) is 16.6. The van der Waals surface area contributed by atoms with Gasteiger partial charge in [-0.25, -0.2) is 13.8 Å². The molecule has 1 N–H and O–H groups in total. The second-order valence-corrected chi connectivity index (χ2v) is 5.68. The Hall–Kier alpha value is -2.43. The zero-order valence-electron chi connectivity index (χ0n) is 13.3. The summed E-state index contributed by atoms with van der Waals surface area (Å²) in [5.74, 6) is -0.606. The minimum absolute atomic E-state index is 0. The molecule has 3 nitrogen and oxygen atoms in total. The summed E-state index contributed by atoms with van der Waals surface area (Å²) in [6.07, 6.45) is 0.628. The van der Waals surface area contributed by atoms with E-state index in [1.807, 2.05) is 39.1 Å². The van der Waals surface area contributed by atoms with Crippen molar-refractivity contribution in [3.63, 3.8) is 0 Å². The van der Waals surface area contributed by atoms with Gasteiger partial charge >= 0.3 is 0 Å². The van der Waals surface area contributed by atoms with Gasteiger partial charge in [0.2, 0.25) is 0 Å². The van der Waals surface area contributed by atoms with Gasteiger partial charge in [-0.15, -0.1) is 0 Å². The average Bonchev–Trinajstić information content (AvgIpc) is 2.53. The number of halogens is 2. The van der Waals surface area contributed by atoms with E-state index in [1.54, 1.807) is 0 Å². The van der Waals surface area contributed by atoms with Crippen molar-refractivity contribution in [1.29, 1.82) is 0 Å². The Kier molecular flexibility index (Phi) is 4.92. The molecule has 5 heteroatoms. The van der Waals surface area contributed by atoms with E-state index in [0.717, 1.165) is 11.8 Å². The molecule has 0 radical (unpaired) electrons. The van der Waals surface area contributed by atoms with Gasteiger partial charge in [-0.05, 0) is 31.2 Å². The third-order valence-electron chi connectivity index (χ3n) is 4.05. The van der Waals surface area contributed by atoms with Crippen LogP contribution in [0.25, 0.3) is 0 Å². The predicted molar refractivity (Wildman–Crippen MR) is 94.0 cm³/mol. The number of ether oxygens (including phenoxy) is 1.